The third-order valence-electron chi connectivity index (χ3n) is 9.96. The first-order valence-electron chi connectivity index (χ1n) is 24.7. The number of nitro benzene ring substituents is 2. The van der Waals surface area contributed by atoms with Gasteiger partial charge in [0, 0.05) is 110 Å². The van der Waals surface area contributed by atoms with Crippen LogP contribution < -0.4 is 9.47 Å². The molecule has 0 atom stereocenters. The van der Waals surface area contributed by atoms with Crippen molar-refractivity contribution in [3.63, 3.8) is 0 Å². The van der Waals surface area contributed by atoms with Crippen LogP contribution in [0.25, 0.3) is 10.4 Å². The normalized spacial score (nSPS) is 10.4. The molecule has 0 fully saturated rings. The van der Waals surface area contributed by atoms with E-state index in [-0.39, 0.29) is 93.6 Å². The average Bonchev–Trinajstić information content (AvgIpc) is 3.39. The Kier molecular flexibility index (Phi) is 37.5. The van der Waals surface area contributed by atoms with Crippen molar-refractivity contribution in [3.05, 3.63) is 79.2 Å². The van der Waals surface area contributed by atoms with E-state index in [9.17, 15) is 58.6 Å². The summed E-state index contributed by atoms with van der Waals surface area (Å²) in [7, 11) is 6.98. The molecular weight excluding hydrogens is 1060 g/mol. The van der Waals surface area contributed by atoms with Gasteiger partial charge in [-0.05, 0) is 42.6 Å². The minimum Gasteiger partial charge on any atom is -0.427 e. The number of azide groups is 1. The Labute approximate surface area is 458 Å². The molecule has 0 aromatic heterocycles. The van der Waals surface area contributed by atoms with E-state index < -0.39 is 50.8 Å². The molecular formula is C48H71ClN10O19. The topological polar surface area (TPSA) is 352 Å². The maximum atomic E-state index is 12.8. The van der Waals surface area contributed by atoms with E-state index in [1.165, 1.54) is 88.7 Å². The molecule has 2 aromatic rings. The lowest BCUT2D eigenvalue weighted by Crippen LogP contribution is -2.47. The number of non-ortho nitro benzene ring substituents is 2. The third-order valence-corrected chi connectivity index (χ3v) is 10.0. The lowest BCUT2D eigenvalue weighted by atomic mass is 10.2. The Balaban J connectivity index is 0.00000325. The number of halogens is 1. The lowest BCUT2D eigenvalue weighted by Gasteiger charge is -2.26. The first-order valence-corrected chi connectivity index (χ1v) is 24.4. The second kappa shape index (κ2) is 42.7. The molecule has 0 radical (unpaired) electrons. The SMILES string of the molecule is CN(CC(=O)CCCOCCOCCOCCOCCOCCN=[N+]=[N-])C(=O)CN(C)C(=O)CN(C)C(=O)CN(C)C(=O)CN(C)C(=O)CCCC(=O)Oc1ccc([N+](=O)[O-])cc1.O=C(Cl)Oc1ccc([N+](=O)[O-])cc1.[2H]CC. The van der Waals surface area contributed by atoms with Crippen LogP contribution in [0.15, 0.2) is 53.6 Å². The van der Waals surface area contributed by atoms with Crippen LogP contribution in [-0.2, 0) is 57.2 Å². The smallest absolute Gasteiger partial charge is 0.409 e. The van der Waals surface area contributed by atoms with E-state index >= 15 is 0 Å². The van der Waals surface area contributed by atoms with Gasteiger partial charge in [0.25, 0.3) is 11.4 Å². The van der Waals surface area contributed by atoms with Gasteiger partial charge in [-0.15, -0.1) is 0 Å². The van der Waals surface area contributed by atoms with Crippen LogP contribution in [0.2, 0.25) is 0 Å². The van der Waals surface area contributed by atoms with Gasteiger partial charge in [-0.3, -0.25) is 53.8 Å². The maximum Gasteiger partial charge on any atom is 0.409 e. The van der Waals surface area contributed by atoms with Crippen LogP contribution in [0.3, 0.4) is 0 Å². The van der Waals surface area contributed by atoms with Crippen molar-refractivity contribution in [2.75, 3.05) is 141 Å². The number of esters is 1. The van der Waals surface area contributed by atoms with E-state index in [1.54, 1.807) is 6.92 Å². The number of ketones is 1. The number of carbonyl (C=O) groups excluding carboxylic acids is 8. The van der Waals surface area contributed by atoms with Crippen molar-refractivity contribution in [1.29, 1.82) is 0 Å². The summed E-state index contributed by atoms with van der Waals surface area (Å²) in [5.41, 5.74) is 6.96. The highest BCUT2D eigenvalue weighted by Crippen LogP contribution is 2.19. The zero-order valence-electron chi connectivity index (χ0n) is 45.8. The first kappa shape index (κ1) is 68.6. The van der Waals surface area contributed by atoms with Gasteiger partial charge in [0.05, 0.1) is 102 Å². The Bertz CT molecular complexity index is 2260. The molecule has 2 aromatic carbocycles. The van der Waals surface area contributed by atoms with Crippen LogP contribution in [0.5, 0.6) is 11.5 Å². The number of likely N-dealkylation sites (N-methyl/N-ethyl adjacent to an activating group) is 5. The van der Waals surface area contributed by atoms with Gasteiger partial charge in [0.15, 0.2) is 5.78 Å². The predicted molar refractivity (Wildman–Crippen MR) is 279 cm³/mol. The molecule has 0 saturated carbocycles. The molecule has 78 heavy (non-hydrogen) atoms. The monoisotopic (exact) mass is 1130 g/mol. The number of nitrogens with zero attached hydrogens (tertiary/aromatic N) is 10. The third kappa shape index (κ3) is 34.3. The number of rotatable bonds is 37. The van der Waals surface area contributed by atoms with E-state index in [1.807, 2.05) is 0 Å². The summed E-state index contributed by atoms with van der Waals surface area (Å²) in [6.45, 7) is 4.77. The highest BCUT2D eigenvalue weighted by Gasteiger charge is 2.24. The molecule has 0 aliphatic rings. The number of hydrogen-bond donors (Lipinski definition) is 0. The molecule has 0 aliphatic heterocycles. The summed E-state index contributed by atoms with van der Waals surface area (Å²) in [6.07, 6.45) is 0.587. The fourth-order valence-electron chi connectivity index (χ4n) is 5.70. The second-order valence-electron chi connectivity index (χ2n) is 16.1. The fourth-order valence-corrected chi connectivity index (χ4v) is 5.79. The first-order chi connectivity index (χ1) is 37.6. The number of hydrogen-bond acceptors (Lipinski definition) is 20. The number of ether oxygens (including phenoxy) is 7. The minimum atomic E-state index is -0.978. The molecule has 434 valence electrons. The molecule has 0 N–H and O–H groups in total. The average molecular weight is 1130 g/mol. The van der Waals surface area contributed by atoms with Gasteiger partial charge in [0.2, 0.25) is 29.5 Å². The van der Waals surface area contributed by atoms with E-state index in [0.29, 0.717) is 79.4 Å². The summed E-state index contributed by atoms with van der Waals surface area (Å²) >= 11 is 4.92. The maximum absolute atomic E-state index is 12.8. The second-order valence-corrected chi connectivity index (χ2v) is 16.4. The Morgan fingerprint density at radius 3 is 1.26 bits per heavy atom. The number of nitro groups is 2. The molecule has 0 unspecified atom stereocenters. The van der Waals surface area contributed by atoms with Crippen LogP contribution in [0, 0.1) is 20.2 Å². The zero-order chi connectivity index (χ0) is 59.5. The van der Waals surface area contributed by atoms with Crippen LogP contribution >= 0.6 is 11.6 Å². The highest BCUT2D eigenvalue weighted by atomic mass is 35.5. The van der Waals surface area contributed by atoms with Gasteiger partial charge >= 0.3 is 11.4 Å². The minimum absolute atomic E-state index is 0.0670. The van der Waals surface area contributed by atoms with Crippen LogP contribution in [0.4, 0.5) is 16.2 Å². The van der Waals surface area contributed by atoms with Crippen LogP contribution in [0.1, 0.15) is 47.3 Å². The molecule has 5 amide bonds. The number of benzene rings is 2. The molecule has 0 aliphatic carbocycles. The van der Waals surface area contributed by atoms with Crippen molar-refractivity contribution < 1.29 is 82.7 Å². The number of Topliss-reactive ketones (excluding diaryl/α,β-unsaturated/α-hetero) is 1. The van der Waals surface area contributed by atoms with Crippen LogP contribution in [-0.4, -0.2) is 222 Å². The van der Waals surface area contributed by atoms with E-state index in [0.717, 1.165) is 19.6 Å². The largest absolute Gasteiger partial charge is 0.427 e. The summed E-state index contributed by atoms with van der Waals surface area (Å²) in [6, 6.07) is 9.97. The van der Waals surface area contributed by atoms with Crippen molar-refractivity contribution >= 4 is 69.7 Å². The summed E-state index contributed by atoms with van der Waals surface area (Å²) < 4.78 is 42.7. The molecule has 30 heteroatoms. The van der Waals surface area contributed by atoms with E-state index in [2.05, 4.69) is 14.8 Å². The lowest BCUT2D eigenvalue weighted by molar-refractivity contribution is -0.385. The van der Waals surface area contributed by atoms with Gasteiger partial charge in [0.1, 0.15) is 11.5 Å². The molecule has 0 saturated heterocycles. The predicted octanol–water partition coefficient (Wildman–Crippen LogP) is 4.06. The van der Waals surface area contributed by atoms with Crippen molar-refractivity contribution in [2.45, 2.75) is 45.9 Å². The number of carbonyl (C=O) groups is 8. The van der Waals surface area contributed by atoms with E-state index in [4.69, 9.17) is 46.9 Å². The van der Waals surface area contributed by atoms with Gasteiger partial charge in [-0.1, -0.05) is 18.9 Å². The van der Waals surface area contributed by atoms with Crippen molar-refractivity contribution in [2.24, 2.45) is 5.11 Å². The molecule has 0 bridgehead atoms. The van der Waals surface area contributed by atoms with Gasteiger partial charge in [-0.2, -0.15) is 0 Å². The summed E-state index contributed by atoms with van der Waals surface area (Å²) in [5.74, 6) is -3.09. The molecule has 0 heterocycles. The van der Waals surface area contributed by atoms with Crippen molar-refractivity contribution in [1.82, 2.24) is 24.5 Å². The van der Waals surface area contributed by atoms with Gasteiger partial charge in [-0.25, -0.2) is 4.79 Å². The zero-order valence-corrected chi connectivity index (χ0v) is 45.5. The van der Waals surface area contributed by atoms with Gasteiger partial charge < -0.3 is 57.7 Å². The Hall–Kier alpha value is -7.40. The molecule has 0 spiro atoms. The van der Waals surface area contributed by atoms with Crippen molar-refractivity contribution in [3.8, 4) is 11.5 Å². The molecule has 29 nitrogen and oxygen atoms in total. The Morgan fingerprint density at radius 1 is 0.538 bits per heavy atom. The summed E-state index contributed by atoms with van der Waals surface area (Å²) in [4.78, 5) is 127. The molecule has 2 rings (SSSR count). The fraction of sp³-hybridized carbons (Fsp3) is 0.583. The quantitative estimate of drug-likeness (QED) is 0.0106. The summed E-state index contributed by atoms with van der Waals surface area (Å²) in [5, 5.41) is 24.3. The number of amides is 5. The highest BCUT2D eigenvalue weighted by molar-refractivity contribution is 6.61. The standard InChI is InChI=1S/C39H61N9O15.C7H4ClNO4.C2H6/c1-43(26-32(49)8-7-16-58-18-20-60-22-24-62-25-23-61-21-19-59-17-15-41-42-40)35(51)28-45(3)37(53)30-47(5)38(54)29-46(4)36(52)27-44(2)34(50)9-6-10-39(55)63-33-13-11-31(12-14-33)48(56)57;8-7(10)13-6-3-1-5(2-4-6)9(11)12;1-2/h11-14H,6-10,15-30H2,1-5H3;1-4H;1-2H3/i;;1D. The Morgan fingerprint density at radius 2 is 0.885 bits per heavy atom.